The number of aromatic amines is 1. The number of hydrogen-bond acceptors (Lipinski definition) is 3. The van der Waals surface area contributed by atoms with Crippen LogP contribution in [0.1, 0.15) is 25.7 Å². The number of rotatable bonds is 2. The first-order chi connectivity index (χ1) is 10.4. The molecule has 0 saturated heterocycles. The molecule has 0 radical (unpaired) electrons. The summed E-state index contributed by atoms with van der Waals surface area (Å²) in [6.07, 6.45) is -1.97. The smallest absolute Gasteiger partial charge is 0.309 e. The number of nitrogens with zero attached hydrogens (tertiary/aromatic N) is 1. The van der Waals surface area contributed by atoms with Crippen LogP contribution in [0.15, 0.2) is 16.9 Å². The topological polar surface area (TPSA) is 74.8 Å². The normalized spacial score (nSPS) is 31.0. The SMILES string of the molecule is O=C(Nc1ccc(=O)[nH]n1)[C@H]1C2CCC(CC2)[C@@H]1C(F)(F)F. The minimum absolute atomic E-state index is 0.0620. The van der Waals surface area contributed by atoms with E-state index in [1.807, 2.05) is 0 Å². The summed E-state index contributed by atoms with van der Waals surface area (Å²) in [6.45, 7) is 0. The van der Waals surface area contributed by atoms with Crippen LogP contribution in [0.5, 0.6) is 0 Å². The second-order valence-electron chi connectivity index (χ2n) is 6.06. The van der Waals surface area contributed by atoms with E-state index in [4.69, 9.17) is 0 Å². The number of fused-ring (bicyclic) bond motifs is 3. The minimum Gasteiger partial charge on any atom is -0.309 e. The Hall–Kier alpha value is -1.86. The molecule has 4 rings (SSSR count). The van der Waals surface area contributed by atoms with Gasteiger partial charge in [-0.15, -0.1) is 0 Å². The van der Waals surface area contributed by atoms with Crippen molar-refractivity contribution in [2.24, 2.45) is 23.7 Å². The largest absolute Gasteiger partial charge is 0.392 e. The molecule has 0 aliphatic heterocycles. The minimum atomic E-state index is -4.37. The molecule has 1 aromatic heterocycles. The first kappa shape index (κ1) is 15.1. The Morgan fingerprint density at radius 2 is 1.82 bits per heavy atom. The van der Waals surface area contributed by atoms with Crippen LogP contribution in [-0.2, 0) is 4.79 Å². The predicted molar refractivity (Wildman–Crippen MR) is 72.0 cm³/mol. The van der Waals surface area contributed by atoms with Gasteiger partial charge < -0.3 is 5.32 Å². The monoisotopic (exact) mass is 315 g/mol. The quantitative estimate of drug-likeness (QED) is 0.879. The Morgan fingerprint density at radius 3 is 2.36 bits per heavy atom. The van der Waals surface area contributed by atoms with Crippen molar-refractivity contribution in [2.45, 2.75) is 31.9 Å². The fourth-order valence-electron chi connectivity index (χ4n) is 3.92. The molecule has 3 aliphatic rings. The zero-order valence-electron chi connectivity index (χ0n) is 11.7. The van der Waals surface area contributed by atoms with Gasteiger partial charge in [0.25, 0.3) is 5.56 Å². The summed E-state index contributed by atoms with van der Waals surface area (Å²) in [6, 6.07) is 2.44. The van der Waals surface area contributed by atoms with Gasteiger partial charge in [0.05, 0.1) is 11.8 Å². The molecule has 22 heavy (non-hydrogen) atoms. The standard InChI is InChI=1S/C14H16F3N3O2/c15-14(16,17)12-8-3-1-7(2-4-8)11(12)13(22)18-9-5-6-10(21)20-19-9/h5-8,11-12H,1-4H2,(H,20,21)(H,18,19,22)/t7?,8?,11-,12-/m0/s1. The summed E-state index contributed by atoms with van der Waals surface area (Å²) >= 11 is 0. The van der Waals surface area contributed by atoms with Crippen molar-refractivity contribution in [3.63, 3.8) is 0 Å². The van der Waals surface area contributed by atoms with E-state index in [1.165, 1.54) is 6.07 Å². The van der Waals surface area contributed by atoms with Gasteiger partial charge in [-0.3, -0.25) is 9.59 Å². The lowest BCUT2D eigenvalue weighted by Crippen LogP contribution is -2.51. The maximum atomic E-state index is 13.4. The molecule has 2 atom stereocenters. The van der Waals surface area contributed by atoms with Crippen LogP contribution in [0.25, 0.3) is 0 Å². The number of halogens is 3. The molecule has 1 aromatic rings. The molecule has 1 heterocycles. The van der Waals surface area contributed by atoms with E-state index < -0.39 is 35.4 Å². The molecule has 0 spiro atoms. The van der Waals surface area contributed by atoms with Crippen LogP contribution in [0.2, 0.25) is 0 Å². The second-order valence-corrected chi connectivity index (χ2v) is 6.06. The second kappa shape index (κ2) is 5.40. The van der Waals surface area contributed by atoms with Gasteiger partial charge in [-0.1, -0.05) is 0 Å². The van der Waals surface area contributed by atoms with Crippen LogP contribution in [0, 0.1) is 23.7 Å². The fourth-order valence-corrected chi connectivity index (χ4v) is 3.92. The zero-order chi connectivity index (χ0) is 15.9. The van der Waals surface area contributed by atoms with Gasteiger partial charge in [-0.2, -0.15) is 18.3 Å². The van der Waals surface area contributed by atoms with Gasteiger partial charge in [0.2, 0.25) is 5.91 Å². The highest BCUT2D eigenvalue weighted by Crippen LogP contribution is 2.54. The number of amides is 1. The number of alkyl halides is 3. The summed E-state index contributed by atoms with van der Waals surface area (Å²) in [5.74, 6) is -3.95. The third-order valence-corrected chi connectivity index (χ3v) is 4.83. The van der Waals surface area contributed by atoms with Crippen molar-refractivity contribution in [1.82, 2.24) is 10.2 Å². The highest BCUT2D eigenvalue weighted by atomic mass is 19.4. The molecule has 120 valence electrons. The molecule has 0 unspecified atom stereocenters. The highest BCUT2D eigenvalue weighted by molar-refractivity contribution is 5.92. The van der Waals surface area contributed by atoms with Crippen molar-refractivity contribution in [2.75, 3.05) is 5.32 Å². The van der Waals surface area contributed by atoms with Crippen LogP contribution in [-0.4, -0.2) is 22.3 Å². The lowest BCUT2D eigenvalue weighted by Gasteiger charge is -2.48. The Labute approximate surface area is 124 Å². The van der Waals surface area contributed by atoms with E-state index in [1.54, 1.807) is 0 Å². The average molecular weight is 315 g/mol. The molecule has 2 N–H and O–H groups in total. The number of nitrogens with one attached hydrogen (secondary N) is 2. The van der Waals surface area contributed by atoms with Gasteiger partial charge in [0.1, 0.15) is 0 Å². The van der Waals surface area contributed by atoms with Crippen molar-refractivity contribution in [3.8, 4) is 0 Å². The summed E-state index contributed by atoms with van der Waals surface area (Å²) < 4.78 is 40.1. The summed E-state index contributed by atoms with van der Waals surface area (Å²) in [5.41, 5.74) is -0.442. The number of hydrogen-bond donors (Lipinski definition) is 2. The van der Waals surface area contributed by atoms with E-state index in [0.717, 1.165) is 6.07 Å². The number of aromatic nitrogens is 2. The average Bonchev–Trinajstić information content (AvgIpc) is 2.49. The van der Waals surface area contributed by atoms with E-state index in [9.17, 15) is 22.8 Å². The van der Waals surface area contributed by atoms with Crippen molar-refractivity contribution in [1.29, 1.82) is 0 Å². The van der Waals surface area contributed by atoms with E-state index in [-0.39, 0.29) is 11.7 Å². The van der Waals surface area contributed by atoms with Crippen molar-refractivity contribution in [3.05, 3.63) is 22.5 Å². The lowest BCUT2D eigenvalue weighted by atomic mass is 9.58. The van der Waals surface area contributed by atoms with Crippen molar-refractivity contribution < 1.29 is 18.0 Å². The molecule has 3 fully saturated rings. The number of anilines is 1. The summed E-state index contributed by atoms with van der Waals surface area (Å²) in [5, 5.41) is 8.16. The van der Waals surface area contributed by atoms with E-state index in [0.29, 0.717) is 25.7 Å². The van der Waals surface area contributed by atoms with Crippen LogP contribution >= 0.6 is 0 Å². The molecule has 3 saturated carbocycles. The molecule has 1 amide bonds. The van der Waals surface area contributed by atoms with Gasteiger partial charge in [0.15, 0.2) is 5.82 Å². The fraction of sp³-hybridized carbons (Fsp3) is 0.643. The van der Waals surface area contributed by atoms with Gasteiger partial charge >= 0.3 is 6.18 Å². The maximum absolute atomic E-state index is 13.4. The van der Waals surface area contributed by atoms with Crippen LogP contribution in [0.3, 0.4) is 0 Å². The lowest BCUT2D eigenvalue weighted by molar-refractivity contribution is -0.227. The predicted octanol–water partition coefficient (Wildman–Crippen LogP) is 2.32. The number of carbonyl (C=O) groups excluding carboxylic acids is 1. The Kier molecular flexibility index (Phi) is 3.70. The van der Waals surface area contributed by atoms with Crippen molar-refractivity contribution >= 4 is 11.7 Å². The molecule has 2 bridgehead atoms. The first-order valence-electron chi connectivity index (χ1n) is 7.29. The Morgan fingerprint density at radius 1 is 1.18 bits per heavy atom. The molecule has 5 nitrogen and oxygen atoms in total. The Balaban J connectivity index is 1.82. The number of H-pyrrole nitrogens is 1. The Bertz CT molecular complexity index is 600. The highest BCUT2D eigenvalue weighted by Gasteiger charge is 2.58. The molecule has 0 aromatic carbocycles. The molecule has 3 aliphatic carbocycles. The van der Waals surface area contributed by atoms with E-state index >= 15 is 0 Å². The maximum Gasteiger partial charge on any atom is 0.392 e. The van der Waals surface area contributed by atoms with Gasteiger partial charge in [-0.25, -0.2) is 5.10 Å². The van der Waals surface area contributed by atoms with E-state index in [2.05, 4.69) is 15.5 Å². The summed E-state index contributed by atoms with van der Waals surface area (Å²) in [7, 11) is 0. The van der Waals surface area contributed by atoms with Crippen LogP contribution in [0.4, 0.5) is 19.0 Å². The molecular formula is C14H16F3N3O2. The van der Waals surface area contributed by atoms with Crippen LogP contribution < -0.4 is 10.9 Å². The summed E-state index contributed by atoms with van der Waals surface area (Å²) in [4.78, 5) is 23.3. The van der Waals surface area contributed by atoms with Gasteiger partial charge in [0, 0.05) is 6.07 Å². The number of carbonyl (C=O) groups is 1. The zero-order valence-corrected chi connectivity index (χ0v) is 11.7. The molecular weight excluding hydrogens is 299 g/mol. The third-order valence-electron chi connectivity index (χ3n) is 4.83. The molecule has 8 heteroatoms. The first-order valence-corrected chi connectivity index (χ1v) is 7.29. The third kappa shape index (κ3) is 2.74. The van der Waals surface area contributed by atoms with Gasteiger partial charge in [-0.05, 0) is 43.6 Å².